The van der Waals surface area contributed by atoms with Crippen LogP contribution < -0.4 is 4.74 Å². The molecule has 2 amide bonds. The van der Waals surface area contributed by atoms with Crippen LogP contribution in [0.5, 0.6) is 5.75 Å². The number of amides is 2. The summed E-state index contributed by atoms with van der Waals surface area (Å²) in [6.45, 7) is 12.7. The molecule has 5 nitrogen and oxygen atoms in total. The molecular weight excluding hydrogens is 328 g/mol. The molecule has 0 bridgehead atoms. The molecule has 0 saturated carbocycles. The van der Waals surface area contributed by atoms with Crippen molar-refractivity contribution >= 4 is 11.8 Å². The highest BCUT2D eigenvalue weighted by Crippen LogP contribution is 2.32. The largest absolute Gasteiger partial charge is 0.496 e. The average Bonchev–Trinajstić information content (AvgIpc) is 2.60. The van der Waals surface area contributed by atoms with Crippen molar-refractivity contribution in [1.29, 1.82) is 0 Å². The van der Waals surface area contributed by atoms with Gasteiger partial charge in [0.1, 0.15) is 5.75 Å². The summed E-state index contributed by atoms with van der Waals surface area (Å²) in [6.07, 6.45) is 0.380. The number of carbonyl (C=O) groups is 2. The summed E-state index contributed by atoms with van der Waals surface area (Å²) in [5.74, 6) is 1.15. The number of piperazine rings is 1. The zero-order valence-corrected chi connectivity index (χ0v) is 17.0. The monoisotopic (exact) mass is 360 g/mol. The Morgan fingerprint density at radius 3 is 2.15 bits per heavy atom. The lowest BCUT2D eigenvalue weighted by molar-refractivity contribution is -0.141. The maximum Gasteiger partial charge on any atom is 0.227 e. The zero-order valence-electron chi connectivity index (χ0n) is 17.0. The van der Waals surface area contributed by atoms with E-state index in [1.165, 1.54) is 0 Å². The average molecular weight is 360 g/mol. The van der Waals surface area contributed by atoms with Crippen LogP contribution in [-0.4, -0.2) is 54.9 Å². The molecule has 1 aliphatic rings. The minimum absolute atomic E-state index is 0.00682. The summed E-state index contributed by atoms with van der Waals surface area (Å²) >= 11 is 0. The first-order valence-electron chi connectivity index (χ1n) is 9.37. The number of nitrogens with zero attached hydrogens (tertiary/aromatic N) is 2. The molecular formula is C21H32N2O3. The summed E-state index contributed by atoms with van der Waals surface area (Å²) in [6, 6.07) is 5.99. The minimum atomic E-state index is -0.0484. The van der Waals surface area contributed by atoms with Crippen LogP contribution in [0, 0.1) is 5.92 Å². The molecule has 1 saturated heterocycles. The third-order valence-electron chi connectivity index (χ3n) is 4.87. The van der Waals surface area contributed by atoms with Gasteiger partial charge in [-0.25, -0.2) is 0 Å². The van der Waals surface area contributed by atoms with E-state index in [-0.39, 0.29) is 23.1 Å². The van der Waals surface area contributed by atoms with Crippen molar-refractivity contribution in [3.63, 3.8) is 0 Å². The lowest BCUT2D eigenvalue weighted by Crippen LogP contribution is -2.51. The number of benzene rings is 1. The van der Waals surface area contributed by atoms with Gasteiger partial charge in [-0.1, -0.05) is 46.8 Å². The number of hydrogen-bond acceptors (Lipinski definition) is 3. The molecule has 144 valence electrons. The van der Waals surface area contributed by atoms with Gasteiger partial charge in [0.2, 0.25) is 11.8 Å². The number of rotatable bonds is 4. The molecule has 0 radical (unpaired) electrons. The molecule has 1 aromatic carbocycles. The van der Waals surface area contributed by atoms with Crippen molar-refractivity contribution in [1.82, 2.24) is 9.80 Å². The molecule has 1 fully saturated rings. The van der Waals surface area contributed by atoms with Crippen molar-refractivity contribution < 1.29 is 14.3 Å². The standard InChI is InChI=1S/C21H32N2O3/c1-15(2)20(25)23-11-9-22(10-12-23)19(24)14-16-7-8-18(26-6)17(13-16)21(3,4)5/h7-8,13,15H,9-12,14H2,1-6H3. The van der Waals surface area contributed by atoms with Gasteiger partial charge in [-0.3, -0.25) is 9.59 Å². The van der Waals surface area contributed by atoms with Crippen LogP contribution >= 0.6 is 0 Å². The highest BCUT2D eigenvalue weighted by Gasteiger charge is 2.26. The van der Waals surface area contributed by atoms with Crippen molar-refractivity contribution in [2.24, 2.45) is 5.92 Å². The Bertz CT molecular complexity index is 654. The van der Waals surface area contributed by atoms with Crippen molar-refractivity contribution in [3.8, 4) is 5.75 Å². The van der Waals surface area contributed by atoms with E-state index < -0.39 is 0 Å². The highest BCUT2D eigenvalue weighted by molar-refractivity contribution is 5.80. The van der Waals surface area contributed by atoms with Gasteiger partial charge in [-0.05, 0) is 22.6 Å². The molecule has 0 N–H and O–H groups in total. The lowest BCUT2D eigenvalue weighted by Gasteiger charge is -2.35. The predicted molar refractivity (Wildman–Crippen MR) is 103 cm³/mol. The van der Waals surface area contributed by atoms with Crippen molar-refractivity contribution in [2.75, 3.05) is 33.3 Å². The van der Waals surface area contributed by atoms with Crippen LogP contribution in [0.25, 0.3) is 0 Å². The fraction of sp³-hybridized carbons (Fsp3) is 0.619. The van der Waals surface area contributed by atoms with E-state index in [2.05, 4.69) is 26.8 Å². The van der Waals surface area contributed by atoms with Gasteiger partial charge in [0, 0.05) is 32.1 Å². The molecule has 5 heteroatoms. The zero-order chi connectivity index (χ0) is 19.5. The number of methoxy groups -OCH3 is 1. The van der Waals surface area contributed by atoms with Gasteiger partial charge in [-0.2, -0.15) is 0 Å². The summed E-state index contributed by atoms with van der Waals surface area (Å²) < 4.78 is 5.47. The van der Waals surface area contributed by atoms with Gasteiger partial charge >= 0.3 is 0 Å². The third-order valence-corrected chi connectivity index (χ3v) is 4.87. The molecule has 0 unspecified atom stereocenters. The quantitative estimate of drug-likeness (QED) is 0.830. The Labute approximate surface area is 157 Å². The summed E-state index contributed by atoms with van der Waals surface area (Å²) in [5.41, 5.74) is 2.06. The van der Waals surface area contributed by atoms with Crippen LogP contribution in [0.4, 0.5) is 0 Å². The first kappa shape index (κ1) is 20.3. The number of carbonyl (C=O) groups excluding carboxylic acids is 2. The van der Waals surface area contributed by atoms with Gasteiger partial charge in [0.05, 0.1) is 13.5 Å². The first-order chi connectivity index (χ1) is 12.1. The van der Waals surface area contributed by atoms with Crippen LogP contribution in [0.15, 0.2) is 18.2 Å². The molecule has 0 aromatic heterocycles. The van der Waals surface area contributed by atoms with Crippen LogP contribution in [0.1, 0.15) is 45.7 Å². The maximum atomic E-state index is 12.7. The van der Waals surface area contributed by atoms with E-state index in [1.807, 2.05) is 35.8 Å². The van der Waals surface area contributed by atoms with E-state index in [9.17, 15) is 9.59 Å². The normalized spacial score (nSPS) is 15.3. The van der Waals surface area contributed by atoms with Crippen molar-refractivity contribution in [2.45, 2.75) is 46.5 Å². The Hall–Kier alpha value is -2.04. The molecule has 1 heterocycles. The van der Waals surface area contributed by atoms with Gasteiger partial charge in [0.15, 0.2) is 0 Å². The number of ether oxygens (including phenoxy) is 1. The van der Waals surface area contributed by atoms with Crippen LogP contribution in [0.3, 0.4) is 0 Å². The van der Waals surface area contributed by atoms with E-state index in [1.54, 1.807) is 7.11 Å². The highest BCUT2D eigenvalue weighted by atomic mass is 16.5. The second-order valence-corrected chi connectivity index (χ2v) is 8.32. The van der Waals surface area contributed by atoms with Crippen molar-refractivity contribution in [3.05, 3.63) is 29.3 Å². The Balaban J connectivity index is 2.02. The molecule has 1 aromatic rings. The maximum absolute atomic E-state index is 12.7. The smallest absolute Gasteiger partial charge is 0.227 e. The third kappa shape index (κ3) is 4.77. The molecule has 0 spiro atoms. The predicted octanol–water partition coefficient (Wildman–Crippen LogP) is 2.86. The fourth-order valence-corrected chi connectivity index (χ4v) is 3.28. The minimum Gasteiger partial charge on any atom is -0.496 e. The second kappa shape index (κ2) is 8.11. The first-order valence-corrected chi connectivity index (χ1v) is 9.37. The van der Waals surface area contributed by atoms with Gasteiger partial charge in [-0.15, -0.1) is 0 Å². The Morgan fingerprint density at radius 1 is 1.08 bits per heavy atom. The topological polar surface area (TPSA) is 49.9 Å². The number of hydrogen-bond donors (Lipinski definition) is 0. The van der Waals surface area contributed by atoms with Gasteiger partial charge in [0.25, 0.3) is 0 Å². The summed E-state index contributed by atoms with van der Waals surface area (Å²) in [5, 5.41) is 0. The molecule has 2 rings (SSSR count). The molecule has 0 aliphatic carbocycles. The van der Waals surface area contributed by atoms with Gasteiger partial charge < -0.3 is 14.5 Å². The van der Waals surface area contributed by atoms with Crippen LogP contribution in [0.2, 0.25) is 0 Å². The summed E-state index contributed by atoms with van der Waals surface area (Å²) in [7, 11) is 1.67. The molecule has 0 atom stereocenters. The van der Waals surface area contributed by atoms with E-state index in [4.69, 9.17) is 4.74 Å². The van der Waals surface area contributed by atoms with E-state index >= 15 is 0 Å². The molecule has 26 heavy (non-hydrogen) atoms. The second-order valence-electron chi connectivity index (χ2n) is 8.32. The Kier molecular flexibility index (Phi) is 6.32. The SMILES string of the molecule is COc1ccc(CC(=O)N2CCN(C(=O)C(C)C)CC2)cc1C(C)(C)C. The Morgan fingerprint density at radius 2 is 1.65 bits per heavy atom. The molecule has 1 aliphatic heterocycles. The lowest BCUT2D eigenvalue weighted by atomic mass is 9.85. The fourth-order valence-electron chi connectivity index (χ4n) is 3.28. The van der Waals surface area contributed by atoms with Crippen LogP contribution in [-0.2, 0) is 21.4 Å². The summed E-state index contributed by atoms with van der Waals surface area (Å²) in [4.78, 5) is 28.5. The van der Waals surface area contributed by atoms with E-state index in [0.29, 0.717) is 32.6 Å². The van der Waals surface area contributed by atoms with E-state index in [0.717, 1.165) is 16.9 Å².